The van der Waals surface area contributed by atoms with E-state index in [-0.39, 0.29) is 13.2 Å². The minimum atomic E-state index is -4.14. The molecule has 0 aromatic carbocycles. The Labute approximate surface area is 57.2 Å². The molecule has 0 aromatic rings. The van der Waals surface area contributed by atoms with E-state index in [1.807, 2.05) is 0 Å². The van der Waals surface area contributed by atoms with Gasteiger partial charge < -0.3 is 4.74 Å². The third-order valence-electron chi connectivity index (χ3n) is 0.715. The molecule has 0 amide bonds. The maximum absolute atomic E-state index is 11.4. The Hall–Kier alpha value is -0.690. The van der Waals surface area contributed by atoms with Gasteiger partial charge in [-0.05, 0) is 0 Å². The minimum absolute atomic E-state index is 0.0594. The van der Waals surface area contributed by atoms with Gasteiger partial charge in [-0.2, -0.15) is 13.2 Å². The van der Waals surface area contributed by atoms with Gasteiger partial charge >= 0.3 is 6.18 Å². The van der Waals surface area contributed by atoms with E-state index in [2.05, 4.69) is 10.7 Å². The predicted octanol–water partition coefficient (Wildman–Crippen LogP) is 1.59. The van der Waals surface area contributed by atoms with E-state index >= 15 is 0 Å². The van der Waals surface area contributed by atoms with Crippen LogP contribution in [0.15, 0.2) is 0 Å². The number of hydrogen-bond acceptors (Lipinski definition) is 1. The van der Waals surface area contributed by atoms with Crippen molar-refractivity contribution in [3.05, 3.63) is 0 Å². The fraction of sp³-hybridized carbons (Fsp3) is 0.667. The summed E-state index contributed by atoms with van der Waals surface area (Å²) in [6, 6.07) is 0. The maximum Gasteiger partial charge on any atom is 0.391 e. The van der Waals surface area contributed by atoms with Gasteiger partial charge in [-0.1, -0.05) is 5.92 Å². The highest BCUT2D eigenvalue weighted by molar-refractivity contribution is 4.82. The molecule has 0 unspecified atom stereocenters. The van der Waals surface area contributed by atoms with Crippen molar-refractivity contribution in [2.75, 3.05) is 13.2 Å². The average molecular weight is 152 g/mol. The maximum atomic E-state index is 11.4. The summed E-state index contributed by atoms with van der Waals surface area (Å²) in [7, 11) is 0. The van der Waals surface area contributed by atoms with Gasteiger partial charge in [-0.25, -0.2) is 0 Å². The third kappa shape index (κ3) is 7.31. The lowest BCUT2D eigenvalue weighted by atomic mass is 10.4. The van der Waals surface area contributed by atoms with Crippen molar-refractivity contribution in [2.45, 2.75) is 12.6 Å². The van der Waals surface area contributed by atoms with Crippen molar-refractivity contribution < 1.29 is 17.9 Å². The van der Waals surface area contributed by atoms with Crippen LogP contribution in [0.3, 0.4) is 0 Å². The van der Waals surface area contributed by atoms with E-state index in [4.69, 9.17) is 6.42 Å². The largest absolute Gasteiger partial charge is 0.391 e. The zero-order valence-corrected chi connectivity index (χ0v) is 5.24. The van der Waals surface area contributed by atoms with E-state index in [1.165, 1.54) is 0 Å². The lowest BCUT2D eigenvalue weighted by molar-refractivity contribution is -0.144. The molecule has 0 bridgehead atoms. The van der Waals surface area contributed by atoms with Crippen molar-refractivity contribution in [1.82, 2.24) is 0 Å². The number of alkyl halides is 3. The van der Waals surface area contributed by atoms with E-state index in [1.54, 1.807) is 0 Å². The smallest absolute Gasteiger partial charge is 0.368 e. The Kier molecular flexibility index (Phi) is 3.89. The number of terminal acetylenes is 1. The molecule has 0 aromatic heterocycles. The SMILES string of the molecule is C#CCOCCC(F)(F)F. The van der Waals surface area contributed by atoms with Crippen LogP contribution < -0.4 is 0 Å². The zero-order chi connectivity index (χ0) is 8.04. The van der Waals surface area contributed by atoms with Gasteiger partial charge in [0.05, 0.1) is 13.0 Å². The molecule has 0 rings (SSSR count). The molecule has 0 spiro atoms. The summed E-state index contributed by atoms with van der Waals surface area (Å²) >= 11 is 0. The van der Waals surface area contributed by atoms with Crippen LogP contribution in [0.5, 0.6) is 0 Å². The highest BCUT2D eigenvalue weighted by Crippen LogP contribution is 2.18. The number of hydrogen-bond donors (Lipinski definition) is 0. The van der Waals surface area contributed by atoms with Crippen LogP contribution in [-0.4, -0.2) is 19.4 Å². The first-order valence-electron chi connectivity index (χ1n) is 2.64. The normalized spacial score (nSPS) is 11.0. The van der Waals surface area contributed by atoms with Crippen LogP contribution in [0, 0.1) is 12.3 Å². The zero-order valence-electron chi connectivity index (χ0n) is 5.24. The molecule has 0 aliphatic rings. The van der Waals surface area contributed by atoms with E-state index in [0.29, 0.717) is 0 Å². The van der Waals surface area contributed by atoms with Crippen LogP contribution in [0.2, 0.25) is 0 Å². The average Bonchev–Trinajstić information content (AvgIpc) is 1.78. The molecule has 1 nitrogen and oxygen atoms in total. The molecule has 0 saturated heterocycles. The summed E-state index contributed by atoms with van der Waals surface area (Å²) < 4.78 is 38.5. The summed E-state index contributed by atoms with van der Waals surface area (Å²) in [4.78, 5) is 0. The van der Waals surface area contributed by atoms with Crippen LogP contribution in [0.25, 0.3) is 0 Å². The molecule has 0 heterocycles. The molecule has 0 radical (unpaired) electrons. The second kappa shape index (κ2) is 4.18. The topological polar surface area (TPSA) is 9.23 Å². The van der Waals surface area contributed by atoms with E-state index < -0.39 is 12.6 Å². The molecule has 0 aliphatic carbocycles. The first-order chi connectivity index (χ1) is 4.56. The molecule has 0 fully saturated rings. The van der Waals surface area contributed by atoms with Crippen LogP contribution in [-0.2, 0) is 4.74 Å². The standard InChI is InChI=1S/C6H7F3O/c1-2-4-10-5-3-6(7,8)9/h1H,3-5H2. The number of ether oxygens (including phenoxy) is 1. The molecule has 4 heteroatoms. The van der Waals surface area contributed by atoms with Gasteiger partial charge in [0, 0.05) is 0 Å². The van der Waals surface area contributed by atoms with Gasteiger partial charge in [-0.3, -0.25) is 0 Å². The molecule has 58 valence electrons. The molecule has 0 N–H and O–H groups in total. The Bertz CT molecular complexity index is 122. The minimum Gasteiger partial charge on any atom is -0.368 e. The van der Waals surface area contributed by atoms with Gasteiger partial charge in [0.1, 0.15) is 6.61 Å². The molecule has 0 saturated carbocycles. The molecule has 0 aliphatic heterocycles. The van der Waals surface area contributed by atoms with Gasteiger partial charge in [0.25, 0.3) is 0 Å². The van der Waals surface area contributed by atoms with Crippen LogP contribution in [0.4, 0.5) is 13.2 Å². The second-order valence-corrected chi connectivity index (χ2v) is 1.62. The fourth-order valence-electron chi connectivity index (χ4n) is 0.319. The first kappa shape index (κ1) is 9.31. The fourth-order valence-corrected chi connectivity index (χ4v) is 0.319. The van der Waals surface area contributed by atoms with Gasteiger partial charge in [0.15, 0.2) is 0 Å². The molecular formula is C6H7F3O. The lowest BCUT2D eigenvalue weighted by Gasteiger charge is -2.04. The molecule has 10 heavy (non-hydrogen) atoms. The van der Waals surface area contributed by atoms with Crippen molar-refractivity contribution in [1.29, 1.82) is 0 Å². The Balaban J connectivity index is 3.14. The predicted molar refractivity (Wildman–Crippen MR) is 30.3 cm³/mol. The second-order valence-electron chi connectivity index (χ2n) is 1.62. The highest BCUT2D eigenvalue weighted by Gasteiger charge is 2.26. The molecular weight excluding hydrogens is 145 g/mol. The van der Waals surface area contributed by atoms with Crippen molar-refractivity contribution in [3.63, 3.8) is 0 Å². The monoisotopic (exact) mass is 152 g/mol. The van der Waals surface area contributed by atoms with Crippen LogP contribution >= 0.6 is 0 Å². The van der Waals surface area contributed by atoms with E-state index in [0.717, 1.165) is 0 Å². The van der Waals surface area contributed by atoms with Crippen molar-refractivity contribution in [2.24, 2.45) is 0 Å². The van der Waals surface area contributed by atoms with Crippen molar-refractivity contribution in [3.8, 4) is 12.3 Å². The lowest BCUT2D eigenvalue weighted by Crippen LogP contribution is -2.11. The summed E-state index contributed by atoms with van der Waals surface area (Å²) in [5, 5.41) is 0. The Morgan fingerprint density at radius 3 is 2.40 bits per heavy atom. The van der Waals surface area contributed by atoms with Gasteiger partial charge in [0.2, 0.25) is 0 Å². The summed E-state index contributed by atoms with van der Waals surface area (Å²) in [5.41, 5.74) is 0. The Morgan fingerprint density at radius 2 is 2.00 bits per heavy atom. The number of rotatable bonds is 3. The van der Waals surface area contributed by atoms with Crippen molar-refractivity contribution >= 4 is 0 Å². The summed E-state index contributed by atoms with van der Waals surface area (Å²) in [6.07, 6.45) is -0.358. The van der Waals surface area contributed by atoms with Crippen LogP contribution in [0.1, 0.15) is 6.42 Å². The first-order valence-corrected chi connectivity index (χ1v) is 2.64. The number of halogens is 3. The summed E-state index contributed by atoms with van der Waals surface area (Å²) in [5.74, 6) is 2.06. The Morgan fingerprint density at radius 1 is 1.40 bits per heavy atom. The van der Waals surface area contributed by atoms with E-state index in [9.17, 15) is 13.2 Å². The summed E-state index contributed by atoms with van der Waals surface area (Å²) in [6.45, 7) is -0.413. The highest BCUT2D eigenvalue weighted by atomic mass is 19.4. The van der Waals surface area contributed by atoms with Gasteiger partial charge in [-0.15, -0.1) is 6.42 Å². The quantitative estimate of drug-likeness (QED) is 0.440. The third-order valence-corrected chi connectivity index (χ3v) is 0.715. The molecule has 0 atom stereocenters.